The Bertz CT molecular complexity index is 443. The lowest BCUT2D eigenvalue weighted by Gasteiger charge is -2.33. The molecular weight excluding hydrogens is 280 g/mol. The van der Waals surface area contributed by atoms with Crippen LogP contribution in [-0.4, -0.2) is 42.8 Å². The molecule has 1 N–H and O–H groups in total. The maximum Gasteiger partial charge on any atom is 0.410 e. The Hall–Kier alpha value is -1.49. The predicted octanol–water partition coefficient (Wildman–Crippen LogP) is 3.06. The van der Waals surface area contributed by atoms with Gasteiger partial charge in [0, 0.05) is 26.1 Å². The van der Waals surface area contributed by atoms with Gasteiger partial charge in [0.1, 0.15) is 11.4 Å². The zero-order chi connectivity index (χ0) is 16.0. The van der Waals surface area contributed by atoms with Crippen molar-refractivity contribution in [3.05, 3.63) is 24.2 Å². The molecule has 1 aromatic heterocycles. The average Bonchev–Trinajstić information content (AvgIpc) is 2.95. The van der Waals surface area contributed by atoms with Gasteiger partial charge in [0.2, 0.25) is 0 Å². The molecule has 0 spiro atoms. The van der Waals surface area contributed by atoms with Crippen molar-refractivity contribution in [1.82, 2.24) is 10.2 Å². The Morgan fingerprint density at radius 2 is 2.14 bits per heavy atom. The summed E-state index contributed by atoms with van der Waals surface area (Å²) in [5, 5.41) is 3.48. The van der Waals surface area contributed by atoms with Crippen molar-refractivity contribution in [1.29, 1.82) is 0 Å². The Morgan fingerprint density at radius 3 is 2.73 bits per heavy atom. The Balaban J connectivity index is 1.59. The second-order valence-electron chi connectivity index (χ2n) is 6.94. The molecule has 0 aromatic carbocycles. The van der Waals surface area contributed by atoms with Crippen LogP contribution in [0.3, 0.4) is 0 Å². The van der Waals surface area contributed by atoms with Crippen LogP contribution >= 0.6 is 0 Å². The van der Waals surface area contributed by atoms with E-state index in [0.717, 1.165) is 51.2 Å². The highest BCUT2D eigenvalue weighted by Crippen LogP contribution is 2.19. The molecule has 0 saturated carbocycles. The minimum Gasteiger partial charge on any atom is -0.469 e. The number of amides is 1. The zero-order valence-corrected chi connectivity index (χ0v) is 13.9. The lowest BCUT2D eigenvalue weighted by molar-refractivity contribution is 0.0184. The largest absolute Gasteiger partial charge is 0.469 e. The van der Waals surface area contributed by atoms with E-state index in [1.54, 1.807) is 6.26 Å². The van der Waals surface area contributed by atoms with E-state index in [-0.39, 0.29) is 6.09 Å². The summed E-state index contributed by atoms with van der Waals surface area (Å²) < 4.78 is 10.7. The average molecular weight is 308 g/mol. The van der Waals surface area contributed by atoms with Crippen LogP contribution in [0.25, 0.3) is 0 Å². The fraction of sp³-hybridized carbons (Fsp3) is 0.706. The molecule has 1 amide bonds. The molecule has 5 nitrogen and oxygen atoms in total. The van der Waals surface area contributed by atoms with Crippen LogP contribution in [0, 0.1) is 5.92 Å². The number of nitrogens with zero attached hydrogens (tertiary/aromatic N) is 1. The number of ether oxygens (including phenoxy) is 1. The molecule has 2 rings (SSSR count). The number of carbonyl (C=O) groups excluding carboxylic acids is 1. The summed E-state index contributed by atoms with van der Waals surface area (Å²) in [5.74, 6) is 1.66. The van der Waals surface area contributed by atoms with Gasteiger partial charge < -0.3 is 19.4 Å². The molecule has 1 aliphatic rings. The summed E-state index contributed by atoms with van der Waals surface area (Å²) in [6.07, 6.45) is 4.52. The molecule has 0 aliphatic carbocycles. The van der Waals surface area contributed by atoms with Crippen molar-refractivity contribution in [2.45, 2.75) is 45.6 Å². The molecule has 1 saturated heterocycles. The number of hydrogen-bond donors (Lipinski definition) is 1. The quantitative estimate of drug-likeness (QED) is 0.849. The van der Waals surface area contributed by atoms with E-state index in [9.17, 15) is 4.79 Å². The van der Waals surface area contributed by atoms with Crippen molar-refractivity contribution in [2.75, 3.05) is 26.2 Å². The van der Waals surface area contributed by atoms with Crippen LogP contribution in [0.4, 0.5) is 4.79 Å². The van der Waals surface area contributed by atoms with Gasteiger partial charge in [0.15, 0.2) is 0 Å². The summed E-state index contributed by atoms with van der Waals surface area (Å²) in [4.78, 5) is 13.8. The number of carbonyl (C=O) groups is 1. The monoisotopic (exact) mass is 308 g/mol. The van der Waals surface area contributed by atoms with Crippen molar-refractivity contribution in [2.24, 2.45) is 5.92 Å². The molecule has 1 aliphatic heterocycles. The molecule has 2 heterocycles. The number of likely N-dealkylation sites (tertiary alicyclic amines) is 1. The third-order valence-electron chi connectivity index (χ3n) is 3.83. The molecule has 22 heavy (non-hydrogen) atoms. The van der Waals surface area contributed by atoms with Gasteiger partial charge in [0.25, 0.3) is 0 Å². The maximum absolute atomic E-state index is 12.0. The molecular formula is C17H28N2O3. The van der Waals surface area contributed by atoms with Gasteiger partial charge in [-0.2, -0.15) is 0 Å². The van der Waals surface area contributed by atoms with Crippen molar-refractivity contribution >= 4 is 6.09 Å². The number of piperidine rings is 1. The Morgan fingerprint density at radius 1 is 1.41 bits per heavy atom. The van der Waals surface area contributed by atoms with Gasteiger partial charge in [-0.3, -0.25) is 0 Å². The summed E-state index contributed by atoms with van der Waals surface area (Å²) in [7, 11) is 0. The third-order valence-corrected chi connectivity index (χ3v) is 3.83. The zero-order valence-electron chi connectivity index (χ0n) is 13.9. The van der Waals surface area contributed by atoms with Crippen LogP contribution in [0.1, 0.15) is 39.4 Å². The van der Waals surface area contributed by atoms with E-state index >= 15 is 0 Å². The van der Waals surface area contributed by atoms with Crippen LogP contribution < -0.4 is 5.32 Å². The second-order valence-corrected chi connectivity index (χ2v) is 6.94. The van der Waals surface area contributed by atoms with E-state index in [0.29, 0.717) is 5.92 Å². The van der Waals surface area contributed by atoms with Gasteiger partial charge in [-0.25, -0.2) is 4.79 Å². The molecule has 0 bridgehead atoms. The minimum absolute atomic E-state index is 0.184. The Labute approximate surface area is 133 Å². The topological polar surface area (TPSA) is 54.7 Å². The smallest absolute Gasteiger partial charge is 0.410 e. The molecule has 0 radical (unpaired) electrons. The molecule has 0 unspecified atom stereocenters. The van der Waals surface area contributed by atoms with E-state index in [2.05, 4.69) is 5.32 Å². The van der Waals surface area contributed by atoms with Crippen LogP contribution in [0.5, 0.6) is 0 Å². The minimum atomic E-state index is -0.415. The Kier molecular flexibility index (Phi) is 5.89. The molecule has 0 atom stereocenters. The first-order valence-electron chi connectivity index (χ1n) is 8.15. The normalized spacial score (nSPS) is 16.8. The summed E-state index contributed by atoms with van der Waals surface area (Å²) >= 11 is 0. The van der Waals surface area contributed by atoms with Crippen molar-refractivity contribution < 1.29 is 13.9 Å². The van der Waals surface area contributed by atoms with E-state index in [1.807, 2.05) is 37.8 Å². The maximum atomic E-state index is 12.0. The lowest BCUT2D eigenvalue weighted by Crippen LogP contribution is -2.43. The number of hydrogen-bond acceptors (Lipinski definition) is 4. The summed E-state index contributed by atoms with van der Waals surface area (Å²) in [5.41, 5.74) is -0.415. The van der Waals surface area contributed by atoms with Crippen LogP contribution in [0.2, 0.25) is 0 Å². The standard InChI is InChI=1S/C17H28N2O3/c1-17(2,3)22-16(20)19-10-7-14(8-11-19)13-18-9-6-15-5-4-12-21-15/h4-5,12,14,18H,6-11,13H2,1-3H3. The second kappa shape index (κ2) is 7.68. The van der Waals surface area contributed by atoms with E-state index in [1.165, 1.54) is 0 Å². The van der Waals surface area contributed by atoms with Gasteiger partial charge in [-0.15, -0.1) is 0 Å². The van der Waals surface area contributed by atoms with Gasteiger partial charge in [-0.1, -0.05) is 0 Å². The molecule has 5 heteroatoms. The van der Waals surface area contributed by atoms with Gasteiger partial charge >= 0.3 is 6.09 Å². The number of nitrogens with one attached hydrogen (secondary N) is 1. The SMILES string of the molecule is CC(C)(C)OC(=O)N1CCC(CNCCc2ccco2)CC1. The van der Waals surface area contributed by atoms with Crippen LogP contribution in [0.15, 0.2) is 22.8 Å². The highest BCUT2D eigenvalue weighted by Gasteiger charge is 2.26. The molecule has 1 aromatic rings. The van der Waals surface area contributed by atoms with Gasteiger partial charge in [0.05, 0.1) is 6.26 Å². The first-order valence-corrected chi connectivity index (χ1v) is 8.15. The van der Waals surface area contributed by atoms with Crippen LogP contribution in [-0.2, 0) is 11.2 Å². The summed E-state index contributed by atoms with van der Waals surface area (Å²) in [6.45, 7) is 9.23. The van der Waals surface area contributed by atoms with Gasteiger partial charge in [-0.05, 0) is 58.2 Å². The fourth-order valence-corrected chi connectivity index (χ4v) is 2.62. The van der Waals surface area contributed by atoms with Crippen molar-refractivity contribution in [3.63, 3.8) is 0 Å². The molecule has 1 fully saturated rings. The lowest BCUT2D eigenvalue weighted by atomic mass is 9.97. The first kappa shape index (κ1) is 16.9. The molecule has 124 valence electrons. The fourth-order valence-electron chi connectivity index (χ4n) is 2.62. The highest BCUT2D eigenvalue weighted by atomic mass is 16.6. The summed E-state index contributed by atoms with van der Waals surface area (Å²) in [6, 6.07) is 3.92. The third kappa shape index (κ3) is 5.72. The number of rotatable bonds is 5. The van der Waals surface area contributed by atoms with E-state index < -0.39 is 5.60 Å². The predicted molar refractivity (Wildman–Crippen MR) is 85.8 cm³/mol. The number of furan rings is 1. The first-order chi connectivity index (χ1) is 10.4. The van der Waals surface area contributed by atoms with E-state index in [4.69, 9.17) is 9.15 Å². The highest BCUT2D eigenvalue weighted by molar-refractivity contribution is 5.68. The van der Waals surface area contributed by atoms with Crippen molar-refractivity contribution in [3.8, 4) is 0 Å².